The molecule has 0 atom stereocenters. The highest BCUT2D eigenvalue weighted by molar-refractivity contribution is 6.05. The van der Waals surface area contributed by atoms with Gasteiger partial charge in [0.05, 0.1) is 22.4 Å². The van der Waals surface area contributed by atoms with Crippen LogP contribution in [0.15, 0.2) is 66.7 Å². The summed E-state index contributed by atoms with van der Waals surface area (Å²) in [5, 5.41) is 2.01. The summed E-state index contributed by atoms with van der Waals surface area (Å²) in [4.78, 5) is 24.6. The van der Waals surface area contributed by atoms with Crippen LogP contribution in [0, 0.1) is 5.82 Å². The van der Waals surface area contributed by atoms with E-state index in [-0.39, 0.29) is 11.1 Å². The Morgan fingerprint density at radius 3 is 2.00 bits per heavy atom. The SMILES string of the molecule is O=C(Cc1ccc(NC(=O)c2ccccc2F)c(C(F)(F)F)c1)Cc1ccccc1C(F)(F)F. The molecule has 0 radical (unpaired) electrons. The van der Waals surface area contributed by atoms with Crippen LogP contribution in [0.3, 0.4) is 0 Å². The Balaban J connectivity index is 1.83. The number of rotatable bonds is 6. The molecule has 0 aliphatic carbocycles. The van der Waals surface area contributed by atoms with Gasteiger partial charge in [0.2, 0.25) is 0 Å². The topological polar surface area (TPSA) is 46.2 Å². The van der Waals surface area contributed by atoms with Crippen molar-refractivity contribution in [3.63, 3.8) is 0 Å². The first-order chi connectivity index (χ1) is 15.9. The van der Waals surface area contributed by atoms with E-state index in [0.717, 1.165) is 36.4 Å². The first-order valence-electron chi connectivity index (χ1n) is 9.79. The third-order valence-electron chi connectivity index (χ3n) is 4.87. The van der Waals surface area contributed by atoms with Crippen LogP contribution in [-0.2, 0) is 30.0 Å². The van der Waals surface area contributed by atoms with Crippen molar-refractivity contribution >= 4 is 17.4 Å². The maximum Gasteiger partial charge on any atom is 0.418 e. The normalized spacial score (nSPS) is 11.9. The van der Waals surface area contributed by atoms with Crippen molar-refractivity contribution in [3.05, 3.63) is 100 Å². The molecule has 178 valence electrons. The molecule has 0 aliphatic heterocycles. The van der Waals surface area contributed by atoms with Gasteiger partial charge in [0.15, 0.2) is 0 Å². The number of benzene rings is 3. The molecule has 1 amide bonds. The summed E-state index contributed by atoms with van der Waals surface area (Å²) in [7, 11) is 0. The average molecular weight is 483 g/mol. The van der Waals surface area contributed by atoms with Crippen molar-refractivity contribution in [2.45, 2.75) is 25.2 Å². The summed E-state index contributed by atoms with van der Waals surface area (Å²) in [6.45, 7) is 0. The predicted octanol–water partition coefficient (Wildman–Crippen LogP) is 6.47. The third-order valence-corrected chi connectivity index (χ3v) is 4.87. The van der Waals surface area contributed by atoms with Crippen LogP contribution in [-0.4, -0.2) is 11.7 Å². The van der Waals surface area contributed by atoms with E-state index in [9.17, 15) is 40.3 Å². The molecule has 0 bridgehead atoms. The van der Waals surface area contributed by atoms with E-state index in [2.05, 4.69) is 0 Å². The summed E-state index contributed by atoms with van der Waals surface area (Å²) in [6.07, 6.45) is -10.8. The van der Waals surface area contributed by atoms with Crippen molar-refractivity contribution < 1.29 is 40.3 Å². The highest BCUT2D eigenvalue weighted by Crippen LogP contribution is 2.36. The van der Waals surface area contributed by atoms with Crippen LogP contribution >= 0.6 is 0 Å². The molecule has 0 aromatic heterocycles. The van der Waals surface area contributed by atoms with Crippen LogP contribution in [0.5, 0.6) is 0 Å². The summed E-state index contributed by atoms with van der Waals surface area (Å²) >= 11 is 0. The lowest BCUT2D eigenvalue weighted by atomic mass is 9.97. The van der Waals surface area contributed by atoms with Gasteiger partial charge in [-0.2, -0.15) is 26.3 Å². The van der Waals surface area contributed by atoms with Crippen LogP contribution < -0.4 is 5.32 Å². The molecule has 3 nitrogen and oxygen atoms in total. The number of nitrogens with one attached hydrogen (secondary N) is 1. The fraction of sp³-hybridized carbons (Fsp3) is 0.167. The van der Waals surface area contributed by atoms with E-state index in [0.29, 0.717) is 6.07 Å². The Hall–Kier alpha value is -3.69. The number of carbonyl (C=O) groups excluding carboxylic acids is 2. The first kappa shape index (κ1) is 24.9. The second-order valence-electron chi connectivity index (χ2n) is 7.36. The molecule has 10 heteroatoms. The van der Waals surface area contributed by atoms with Crippen molar-refractivity contribution in [1.29, 1.82) is 0 Å². The van der Waals surface area contributed by atoms with Gasteiger partial charge in [-0.3, -0.25) is 9.59 Å². The van der Waals surface area contributed by atoms with Gasteiger partial charge >= 0.3 is 12.4 Å². The number of ketones is 1. The standard InChI is InChI=1S/C24H16F7NO2/c25-20-8-4-2-6-17(20)22(34)32-21-10-9-14(12-19(21)24(29,30)31)11-16(33)13-15-5-1-3-7-18(15)23(26,27)28/h1-10,12H,11,13H2,(H,32,34). The molecule has 1 N–H and O–H groups in total. The Labute approximate surface area is 189 Å². The monoisotopic (exact) mass is 483 g/mol. The molecule has 34 heavy (non-hydrogen) atoms. The number of carbonyl (C=O) groups is 2. The maximum absolute atomic E-state index is 13.8. The Bertz CT molecular complexity index is 1220. The molecule has 0 spiro atoms. The number of amides is 1. The van der Waals surface area contributed by atoms with Gasteiger partial charge in [-0.25, -0.2) is 4.39 Å². The van der Waals surface area contributed by atoms with Crippen LogP contribution in [0.2, 0.25) is 0 Å². The van der Waals surface area contributed by atoms with E-state index in [1.807, 2.05) is 5.32 Å². The lowest BCUT2D eigenvalue weighted by Gasteiger charge is -2.16. The van der Waals surface area contributed by atoms with E-state index in [1.165, 1.54) is 24.3 Å². The highest BCUT2D eigenvalue weighted by atomic mass is 19.4. The molecule has 3 rings (SSSR count). The largest absolute Gasteiger partial charge is 0.418 e. The van der Waals surface area contributed by atoms with E-state index >= 15 is 0 Å². The van der Waals surface area contributed by atoms with Gasteiger partial charge in [-0.05, 0) is 41.5 Å². The number of Topliss-reactive ketones (excluding diaryl/α,β-unsaturated/α-hetero) is 1. The highest BCUT2D eigenvalue weighted by Gasteiger charge is 2.35. The number of hydrogen-bond acceptors (Lipinski definition) is 2. The molecule has 3 aromatic carbocycles. The summed E-state index contributed by atoms with van der Waals surface area (Å²) in [5.41, 5.74) is -3.78. The Morgan fingerprint density at radius 2 is 1.35 bits per heavy atom. The Morgan fingerprint density at radius 1 is 0.735 bits per heavy atom. The number of hydrogen-bond donors (Lipinski definition) is 1. The van der Waals surface area contributed by atoms with Gasteiger partial charge in [0, 0.05) is 12.8 Å². The fourth-order valence-electron chi connectivity index (χ4n) is 3.33. The van der Waals surface area contributed by atoms with Crippen molar-refractivity contribution in [2.75, 3.05) is 5.32 Å². The van der Waals surface area contributed by atoms with Gasteiger partial charge in [0.1, 0.15) is 11.6 Å². The summed E-state index contributed by atoms with van der Waals surface area (Å²) < 4.78 is 93.9. The fourth-order valence-corrected chi connectivity index (χ4v) is 3.33. The summed E-state index contributed by atoms with van der Waals surface area (Å²) in [6, 6.07) is 11.8. The smallest absolute Gasteiger partial charge is 0.321 e. The average Bonchev–Trinajstić information content (AvgIpc) is 2.74. The van der Waals surface area contributed by atoms with Crippen LogP contribution in [0.25, 0.3) is 0 Å². The molecular formula is C24H16F7NO2. The van der Waals surface area contributed by atoms with E-state index in [1.54, 1.807) is 0 Å². The minimum absolute atomic E-state index is 0.106. The lowest BCUT2D eigenvalue weighted by Crippen LogP contribution is -2.18. The zero-order chi connectivity index (χ0) is 25.1. The molecule has 0 aliphatic rings. The van der Waals surface area contributed by atoms with Crippen molar-refractivity contribution in [3.8, 4) is 0 Å². The number of anilines is 1. The predicted molar refractivity (Wildman–Crippen MR) is 110 cm³/mol. The Kier molecular flexibility index (Phi) is 7.09. The summed E-state index contributed by atoms with van der Waals surface area (Å²) in [5.74, 6) is -2.75. The molecule has 0 fully saturated rings. The number of alkyl halides is 6. The second kappa shape index (κ2) is 9.66. The zero-order valence-corrected chi connectivity index (χ0v) is 17.2. The zero-order valence-electron chi connectivity index (χ0n) is 17.2. The van der Waals surface area contributed by atoms with Crippen LogP contribution in [0.1, 0.15) is 32.6 Å². The minimum atomic E-state index is -4.93. The lowest BCUT2D eigenvalue weighted by molar-refractivity contribution is -0.138. The first-order valence-corrected chi connectivity index (χ1v) is 9.79. The molecule has 0 heterocycles. The molecule has 0 saturated heterocycles. The number of halogens is 7. The van der Waals surface area contributed by atoms with E-state index in [4.69, 9.17) is 0 Å². The molecular weight excluding hydrogens is 467 g/mol. The maximum atomic E-state index is 13.8. The van der Waals surface area contributed by atoms with E-state index < -0.39 is 65.1 Å². The van der Waals surface area contributed by atoms with Gasteiger partial charge in [0.25, 0.3) is 5.91 Å². The minimum Gasteiger partial charge on any atom is -0.321 e. The van der Waals surface area contributed by atoms with Gasteiger partial charge < -0.3 is 5.32 Å². The third kappa shape index (κ3) is 6.00. The van der Waals surface area contributed by atoms with Gasteiger partial charge in [-0.1, -0.05) is 36.4 Å². The van der Waals surface area contributed by atoms with Crippen LogP contribution in [0.4, 0.5) is 36.4 Å². The molecule has 0 unspecified atom stereocenters. The second-order valence-corrected chi connectivity index (χ2v) is 7.36. The molecule has 0 saturated carbocycles. The quantitative estimate of drug-likeness (QED) is 0.409. The van der Waals surface area contributed by atoms with Crippen molar-refractivity contribution in [1.82, 2.24) is 0 Å². The van der Waals surface area contributed by atoms with Gasteiger partial charge in [-0.15, -0.1) is 0 Å². The molecule has 3 aromatic rings. The van der Waals surface area contributed by atoms with Crippen molar-refractivity contribution in [2.24, 2.45) is 0 Å².